The highest BCUT2D eigenvalue weighted by atomic mass is 35.5. The fraction of sp³-hybridized carbons (Fsp3) is 0.0667. The molecule has 0 amide bonds. The molecule has 0 aliphatic rings. The molecular weight excluding hydrogens is 386 g/mol. The number of ether oxygens (including phenoxy) is 1. The maximum atomic E-state index is 12.1. The number of non-ortho nitro benzene ring substituents is 1. The van der Waals surface area contributed by atoms with E-state index in [1.54, 1.807) is 0 Å². The van der Waals surface area contributed by atoms with Crippen molar-refractivity contribution in [3.63, 3.8) is 0 Å². The second-order valence-electron chi connectivity index (χ2n) is 5.21. The molecule has 0 saturated heterocycles. The summed E-state index contributed by atoms with van der Waals surface area (Å²) in [5.74, 6) is -1.82. The van der Waals surface area contributed by atoms with Gasteiger partial charge in [-0.3, -0.25) is 24.8 Å². The first-order valence-electron chi connectivity index (χ1n) is 7.18. The lowest BCUT2D eigenvalue weighted by Crippen LogP contribution is -2.23. The molecule has 12 heteroatoms. The van der Waals surface area contributed by atoms with Crippen molar-refractivity contribution in [2.45, 2.75) is 6.54 Å². The Hall–Kier alpha value is -3.73. The van der Waals surface area contributed by atoms with Gasteiger partial charge in [-0.25, -0.2) is 9.59 Å². The van der Waals surface area contributed by atoms with E-state index in [1.165, 1.54) is 12.1 Å². The van der Waals surface area contributed by atoms with Gasteiger partial charge in [-0.15, -0.1) is 0 Å². The van der Waals surface area contributed by atoms with Crippen molar-refractivity contribution < 1.29 is 23.8 Å². The maximum absolute atomic E-state index is 12.1. The first-order valence-corrected chi connectivity index (χ1v) is 7.56. The summed E-state index contributed by atoms with van der Waals surface area (Å²) in [5.41, 5.74) is -0.508. The first-order chi connectivity index (χ1) is 12.8. The zero-order valence-corrected chi connectivity index (χ0v) is 13.9. The Morgan fingerprint density at radius 2 is 1.89 bits per heavy atom. The summed E-state index contributed by atoms with van der Waals surface area (Å²) < 4.78 is 10.9. The van der Waals surface area contributed by atoms with Gasteiger partial charge in [0.1, 0.15) is 17.3 Å². The predicted octanol–water partition coefficient (Wildman–Crippen LogP) is 2.67. The molecule has 3 rings (SSSR count). The predicted molar refractivity (Wildman–Crippen MR) is 90.9 cm³/mol. The minimum absolute atomic E-state index is 0.0490. The highest BCUT2D eigenvalue weighted by Crippen LogP contribution is 2.28. The molecule has 1 aromatic heterocycles. The number of esters is 1. The number of rotatable bonds is 5. The normalized spacial score (nSPS) is 10.7. The van der Waals surface area contributed by atoms with Crippen LogP contribution in [0.2, 0.25) is 5.02 Å². The van der Waals surface area contributed by atoms with E-state index in [2.05, 4.69) is 0 Å². The third-order valence-electron chi connectivity index (χ3n) is 3.50. The minimum atomic E-state index is -0.899. The van der Waals surface area contributed by atoms with E-state index >= 15 is 0 Å². The number of benzene rings is 2. The Morgan fingerprint density at radius 3 is 2.52 bits per heavy atom. The summed E-state index contributed by atoms with van der Waals surface area (Å²) in [6.07, 6.45) is 0. The van der Waals surface area contributed by atoms with Gasteiger partial charge in [0.2, 0.25) is 0 Å². The van der Waals surface area contributed by atoms with Crippen LogP contribution >= 0.6 is 11.6 Å². The molecule has 0 radical (unpaired) electrons. The molecule has 2 aromatic carbocycles. The second-order valence-corrected chi connectivity index (χ2v) is 5.61. The molecule has 0 atom stereocenters. The van der Waals surface area contributed by atoms with E-state index in [0.717, 1.165) is 28.8 Å². The number of halogens is 1. The molecule has 0 fully saturated rings. The van der Waals surface area contributed by atoms with Crippen LogP contribution in [0.4, 0.5) is 11.4 Å². The Morgan fingerprint density at radius 1 is 1.15 bits per heavy atom. The van der Waals surface area contributed by atoms with Crippen LogP contribution in [-0.2, 0) is 11.3 Å². The van der Waals surface area contributed by atoms with Crippen LogP contribution in [0.15, 0.2) is 45.6 Å². The van der Waals surface area contributed by atoms with E-state index in [9.17, 15) is 29.8 Å². The molecule has 0 aliphatic carbocycles. The molecular formula is C15H8ClN3O8. The summed E-state index contributed by atoms with van der Waals surface area (Å²) in [6.45, 7) is -0.543. The quantitative estimate of drug-likeness (QED) is 0.278. The van der Waals surface area contributed by atoms with Gasteiger partial charge >= 0.3 is 11.7 Å². The van der Waals surface area contributed by atoms with E-state index in [1.807, 2.05) is 0 Å². The lowest BCUT2D eigenvalue weighted by atomic mass is 10.3. The Kier molecular flexibility index (Phi) is 4.60. The first kappa shape index (κ1) is 18.1. The highest BCUT2D eigenvalue weighted by molar-refractivity contribution is 6.32. The standard InChI is InChI=1S/C15H8ClN3O8/c16-10-6-9(2-4-11(10)19(24)25)26-14(20)7-17-12-3-1-8(18(22)23)5-13(12)27-15(17)21/h1-6H,7H2. The summed E-state index contributed by atoms with van der Waals surface area (Å²) >= 11 is 5.74. The van der Waals surface area contributed by atoms with E-state index in [-0.39, 0.29) is 33.2 Å². The number of nitro groups is 2. The van der Waals surface area contributed by atoms with Gasteiger partial charge in [-0.1, -0.05) is 11.6 Å². The van der Waals surface area contributed by atoms with Crippen molar-refractivity contribution in [2.24, 2.45) is 0 Å². The van der Waals surface area contributed by atoms with Gasteiger partial charge in [0.05, 0.1) is 21.4 Å². The summed E-state index contributed by atoms with van der Waals surface area (Å²) in [6, 6.07) is 6.85. The van der Waals surface area contributed by atoms with Crippen LogP contribution in [0.3, 0.4) is 0 Å². The van der Waals surface area contributed by atoms with Crippen molar-refractivity contribution in [3.8, 4) is 5.75 Å². The number of nitro benzene ring substituents is 2. The lowest BCUT2D eigenvalue weighted by molar-refractivity contribution is -0.384. The van der Waals surface area contributed by atoms with Gasteiger partial charge in [-0.2, -0.15) is 0 Å². The fourth-order valence-electron chi connectivity index (χ4n) is 2.31. The minimum Gasteiger partial charge on any atom is -0.425 e. The molecule has 3 aromatic rings. The average Bonchev–Trinajstić information content (AvgIpc) is 2.89. The maximum Gasteiger partial charge on any atom is 0.420 e. The van der Waals surface area contributed by atoms with E-state index in [4.69, 9.17) is 20.8 Å². The lowest BCUT2D eigenvalue weighted by Gasteiger charge is -2.05. The number of oxazole rings is 1. The smallest absolute Gasteiger partial charge is 0.420 e. The molecule has 0 unspecified atom stereocenters. The molecule has 0 saturated carbocycles. The highest BCUT2D eigenvalue weighted by Gasteiger charge is 2.18. The van der Waals surface area contributed by atoms with Crippen LogP contribution in [0.5, 0.6) is 5.75 Å². The number of nitrogens with zero attached hydrogens (tertiary/aromatic N) is 3. The Labute approximate surface area is 153 Å². The summed E-state index contributed by atoms with van der Waals surface area (Å²) in [4.78, 5) is 44.1. The summed E-state index contributed by atoms with van der Waals surface area (Å²) in [5, 5.41) is 21.3. The largest absolute Gasteiger partial charge is 0.425 e. The SMILES string of the molecule is O=C(Cn1c(=O)oc2cc([N+](=O)[O-])ccc21)Oc1ccc([N+](=O)[O-])c(Cl)c1. The molecule has 0 N–H and O–H groups in total. The molecule has 1 heterocycles. The van der Waals surface area contributed by atoms with Crippen LogP contribution in [0, 0.1) is 20.2 Å². The van der Waals surface area contributed by atoms with Gasteiger partial charge in [0.15, 0.2) is 5.58 Å². The molecule has 11 nitrogen and oxygen atoms in total. The number of aromatic nitrogens is 1. The van der Waals surface area contributed by atoms with Crippen LogP contribution < -0.4 is 10.5 Å². The van der Waals surface area contributed by atoms with Gasteiger partial charge in [0.25, 0.3) is 11.4 Å². The van der Waals surface area contributed by atoms with Crippen LogP contribution in [-0.4, -0.2) is 20.4 Å². The third kappa shape index (κ3) is 3.62. The van der Waals surface area contributed by atoms with Crippen molar-refractivity contribution >= 4 is 40.0 Å². The van der Waals surface area contributed by atoms with Gasteiger partial charge in [-0.05, 0) is 12.1 Å². The Balaban J connectivity index is 1.83. The topological polar surface area (TPSA) is 148 Å². The van der Waals surface area contributed by atoms with Gasteiger partial charge < -0.3 is 9.15 Å². The Bertz CT molecular complexity index is 1150. The summed E-state index contributed by atoms with van der Waals surface area (Å²) in [7, 11) is 0. The number of fused-ring (bicyclic) bond motifs is 1. The second kappa shape index (κ2) is 6.88. The van der Waals surface area contributed by atoms with Crippen molar-refractivity contribution in [1.29, 1.82) is 0 Å². The van der Waals surface area contributed by atoms with E-state index < -0.39 is 28.1 Å². The fourth-order valence-corrected chi connectivity index (χ4v) is 2.55. The third-order valence-corrected chi connectivity index (χ3v) is 3.80. The van der Waals surface area contributed by atoms with Crippen LogP contribution in [0.1, 0.15) is 0 Å². The average molecular weight is 394 g/mol. The van der Waals surface area contributed by atoms with E-state index in [0.29, 0.717) is 0 Å². The molecule has 0 spiro atoms. The molecule has 0 aliphatic heterocycles. The molecule has 27 heavy (non-hydrogen) atoms. The zero-order chi connectivity index (χ0) is 19.7. The number of carbonyl (C=O) groups excluding carboxylic acids is 1. The zero-order valence-electron chi connectivity index (χ0n) is 13.2. The number of hydrogen-bond acceptors (Lipinski definition) is 8. The molecule has 0 bridgehead atoms. The van der Waals surface area contributed by atoms with Crippen molar-refractivity contribution in [1.82, 2.24) is 4.57 Å². The number of hydrogen-bond donors (Lipinski definition) is 0. The molecule has 138 valence electrons. The number of carbonyl (C=O) groups is 1. The monoisotopic (exact) mass is 393 g/mol. The van der Waals surface area contributed by atoms with Gasteiger partial charge in [0, 0.05) is 18.2 Å². The van der Waals surface area contributed by atoms with Crippen LogP contribution in [0.25, 0.3) is 11.1 Å². The van der Waals surface area contributed by atoms with Crippen molar-refractivity contribution in [2.75, 3.05) is 0 Å². The van der Waals surface area contributed by atoms with Crippen molar-refractivity contribution in [3.05, 3.63) is 72.2 Å².